The molecule has 3 aromatic rings. The van der Waals surface area contributed by atoms with Crippen molar-refractivity contribution in [1.29, 1.82) is 0 Å². The molecule has 4 heteroatoms. The molecule has 1 aliphatic rings. The van der Waals surface area contributed by atoms with Crippen molar-refractivity contribution in [2.24, 2.45) is 5.10 Å². The summed E-state index contributed by atoms with van der Waals surface area (Å²) in [5.41, 5.74) is 8.24. The Morgan fingerprint density at radius 2 is 1.57 bits per heavy atom. The molecule has 3 aromatic carbocycles. The number of hydrazone groups is 1. The first-order valence-corrected chi connectivity index (χ1v) is 9.51. The lowest BCUT2D eigenvalue weighted by Gasteiger charge is -2.17. The van der Waals surface area contributed by atoms with Crippen LogP contribution in [0.15, 0.2) is 84.0 Å². The van der Waals surface area contributed by atoms with Crippen LogP contribution in [0.3, 0.4) is 0 Å². The van der Waals surface area contributed by atoms with Crippen LogP contribution in [0.2, 0.25) is 0 Å². The fourth-order valence-electron chi connectivity index (χ4n) is 3.40. The number of rotatable bonds is 5. The maximum atomic E-state index is 12.1. The van der Waals surface area contributed by atoms with E-state index in [1.165, 1.54) is 5.56 Å². The average Bonchev–Trinajstić information content (AvgIpc) is 2.77. The summed E-state index contributed by atoms with van der Waals surface area (Å²) in [5.74, 6) is 0.396. The summed E-state index contributed by atoms with van der Waals surface area (Å²) >= 11 is 0. The number of hydrogen-bond acceptors (Lipinski definition) is 3. The van der Waals surface area contributed by atoms with Crippen molar-refractivity contribution in [3.8, 4) is 16.9 Å². The number of carbonyl (C=O) groups is 1. The summed E-state index contributed by atoms with van der Waals surface area (Å²) in [6, 6.07) is 26.1. The zero-order valence-electron chi connectivity index (χ0n) is 15.6. The van der Waals surface area contributed by atoms with Crippen molar-refractivity contribution in [2.45, 2.75) is 19.3 Å². The number of carbonyl (C=O) groups excluding carboxylic acids is 1. The van der Waals surface area contributed by atoms with E-state index in [1.807, 2.05) is 54.6 Å². The van der Waals surface area contributed by atoms with Gasteiger partial charge in [-0.2, -0.15) is 5.10 Å². The minimum atomic E-state index is -0.261. The van der Waals surface area contributed by atoms with Crippen LogP contribution in [0.5, 0.6) is 5.75 Å². The molecule has 4 rings (SSSR count). The SMILES string of the molecule is O=C(COc1ccc(-c2ccccc2)cc1)NN=C1CCCc2ccccc21. The number of ether oxygens (including phenoxy) is 1. The molecular weight excluding hydrogens is 348 g/mol. The van der Waals surface area contributed by atoms with Gasteiger partial charge in [0.15, 0.2) is 6.61 Å². The molecule has 0 saturated heterocycles. The standard InChI is InChI=1S/C24H22N2O2/c27-24(26-25-23-12-6-10-20-9-4-5-11-22(20)23)17-28-21-15-13-19(14-16-21)18-7-2-1-3-8-18/h1-5,7-9,11,13-16H,6,10,12,17H2,(H,26,27). The highest BCUT2D eigenvalue weighted by Gasteiger charge is 2.15. The molecule has 28 heavy (non-hydrogen) atoms. The van der Waals surface area contributed by atoms with Crippen LogP contribution in [0, 0.1) is 0 Å². The van der Waals surface area contributed by atoms with Gasteiger partial charge in [-0.05, 0) is 48.1 Å². The third-order valence-electron chi connectivity index (χ3n) is 4.83. The minimum absolute atomic E-state index is 0.0664. The number of nitrogens with one attached hydrogen (secondary N) is 1. The fourth-order valence-corrected chi connectivity index (χ4v) is 3.40. The van der Waals surface area contributed by atoms with Crippen LogP contribution in [0.1, 0.15) is 24.0 Å². The maximum Gasteiger partial charge on any atom is 0.277 e. The van der Waals surface area contributed by atoms with Crippen molar-refractivity contribution < 1.29 is 9.53 Å². The lowest BCUT2D eigenvalue weighted by atomic mass is 9.90. The molecule has 0 saturated carbocycles. The van der Waals surface area contributed by atoms with Crippen molar-refractivity contribution in [1.82, 2.24) is 5.43 Å². The number of fused-ring (bicyclic) bond motifs is 1. The molecule has 0 aromatic heterocycles. The molecule has 4 nitrogen and oxygen atoms in total. The molecule has 1 N–H and O–H groups in total. The van der Waals surface area contributed by atoms with E-state index in [-0.39, 0.29) is 12.5 Å². The van der Waals surface area contributed by atoms with Gasteiger partial charge in [0.1, 0.15) is 5.75 Å². The first-order valence-electron chi connectivity index (χ1n) is 9.51. The first-order chi connectivity index (χ1) is 13.8. The molecule has 0 heterocycles. The van der Waals surface area contributed by atoms with Gasteiger partial charge < -0.3 is 4.74 Å². The van der Waals surface area contributed by atoms with Gasteiger partial charge in [0, 0.05) is 5.56 Å². The normalized spacial score (nSPS) is 14.4. The lowest BCUT2D eigenvalue weighted by molar-refractivity contribution is -0.123. The smallest absolute Gasteiger partial charge is 0.277 e. The molecule has 1 amide bonds. The van der Waals surface area contributed by atoms with Gasteiger partial charge in [-0.15, -0.1) is 0 Å². The first kappa shape index (κ1) is 18.0. The highest BCUT2D eigenvalue weighted by molar-refractivity contribution is 6.03. The van der Waals surface area contributed by atoms with E-state index >= 15 is 0 Å². The van der Waals surface area contributed by atoms with Gasteiger partial charge in [-0.3, -0.25) is 4.79 Å². The zero-order valence-corrected chi connectivity index (χ0v) is 15.6. The topological polar surface area (TPSA) is 50.7 Å². The quantitative estimate of drug-likeness (QED) is 0.668. The summed E-state index contributed by atoms with van der Waals surface area (Å²) in [4.78, 5) is 12.1. The van der Waals surface area contributed by atoms with Crippen LogP contribution in [-0.4, -0.2) is 18.2 Å². The van der Waals surface area contributed by atoms with Crippen molar-refractivity contribution in [3.63, 3.8) is 0 Å². The third-order valence-corrected chi connectivity index (χ3v) is 4.83. The van der Waals surface area contributed by atoms with Gasteiger partial charge in [-0.25, -0.2) is 5.43 Å². The van der Waals surface area contributed by atoms with Crippen LogP contribution < -0.4 is 10.2 Å². The Morgan fingerprint density at radius 1 is 0.857 bits per heavy atom. The van der Waals surface area contributed by atoms with Crippen molar-refractivity contribution in [2.75, 3.05) is 6.61 Å². The summed E-state index contributed by atoms with van der Waals surface area (Å²) in [5, 5.41) is 4.33. The summed E-state index contributed by atoms with van der Waals surface area (Å²) in [6.45, 7) is -0.0664. The van der Waals surface area contributed by atoms with E-state index in [0.717, 1.165) is 41.7 Å². The Labute approximate surface area is 164 Å². The molecule has 0 unspecified atom stereocenters. The second-order valence-electron chi connectivity index (χ2n) is 6.78. The highest BCUT2D eigenvalue weighted by atomic mass is 16.5. The van der Waals surface area contributed by atoms with Gasteiger partial charge in [0.25, 0.3) is 5.91 Å². The van der Waals surface area contributed by atoms with Gasteiger partial charge >= 0.3 is 0 Å². The summed E-state index contributed by atoms with van der Waals surface area (Å²) < 4.78 is 5.59. The van der Waals surface area contributed by atoms with Crippen LogP contribution in [0.25, 0.3) is 11.1 Å². The van der Waals surface area contributed by atoms with E-state index in [4.69, 9.17) is 4.74 Å². The minimum Gasteiger partial charge on any atom is -0.484 e. The molecule has 0 atom stereocenters. The van der Waals surface area contributed by atoms with Crippen molar-refractivity contribution in [3.05, 3.63) is 90.0 Å². The number of nitrogens with zero attached hydrogens (tertiary/aromatic N) is 1. The molecular formula is C24H22N2O2. The van der Waals surface area contributed by atoms with E-state index in [2.05, 4.69) is 34.8 Å². The number of hydrogen-bond donors (Lipinski definition) is 1. The van der Waals surface area contributed by atoms with E-state index in [1.54, 1.807) is 0 Å². The van der Waals surface area contributed by atoms with Crippen LogP contribution >= 0.6 is 0 Å². The van der Waals surface area contributed by atoms with Crippen LogP contribution in [-0.2, 0) is 11.2 Å². The Hall–Kier alpha value is -3.40. The predicted molar refractivity (Wildman–Crippen MR) is 111 cm³/mol. The molecule has 1 aliphatic carbocycles. The van der Waals surface area contributed by atoms with Gasteiger partial charge in [0.05, 0.1) is 5.71 Å². The second-order valence-corrected chi connectivity index (χ2v) is 6.78. The third kappa shape index (κ3) is 4.29. The molecule has 0 aliphatic heterocycles. The molecule has 0 spiro atoms. The lowest BCUT2D eigenvalue weighted by Crippen LogP contribution is -2.26. The van der Waals surface area contributed by atoms with E-state index in [0.29, 0.717) is 5.75 Å². The molecule has 140 valence electrons. The summed E-state index contributed by atoms with van der Waals surface area (Å²) in [7, 11) is 0. The fraction of sp³-hybridized carbons (Fsp3) is 0.167. The second kappa shape index (κ2) is 8.53. The van der Waals surface area contributed by atoms with E-state index < -0.39 is 0 Å². The maximum absolute atomic E-state index is 12.1. The number of aryl methyl sites for hydroxylation is 1. The Bertz CT molecular complexity index is 979. The van der Waals surface area contributed by atoms with E-state index in [9.17, 15) is 4.79 Å². The highest BCUT2D eigenvalue weighted by Crippen LogP contribution is 2.22. The van der Waals surface area contributed by atoms with Crippen molar-refractivity contribution >= 4 is 11.6 Å². The van der Waals surface area contributed by atoms with Gasteiger partial charge in [0.2, 0.25) is 0 Å². The van der Waals surface area contributed by atoms with Crippen LogP contribution in [0.4, 0.5) is 0 Å². The number of benzene rings is 3. The Morgan fingerprint density at radius 3 is 2.39 bits per heavy atom. The number of amides is 1. The monoisotopic (exact) mass is 370 g/mol. The molecule has 0 radical (unpaired) electrons. The summed E-state index contributed by atoms with van der Waals surface area (Å²) in [6.07, 6.45) is 2.99. The Balaban J connectivity index is 1.33. The van der Waals surface area contributed by atoms with Gasteiger partial charge in [-0.1, -0.05) is 66.7 Å². The molecule has 0 fully saturated rings. The largest absolute Gasteiger partial charge is 0.484 e. The molecule has 0 bridgehead atoms. The predicted octanol–water partition coefficient (Wildman–Crippen LogP) is 4.59. The average molecular weight is 370 g/mol. The Kier molecular flexibility index (Phi) is 5.48. The zero-order chi connectivity index (χ0) is 19.2.